The Kier molecular flexibility index (Phi) is 7.04. The number of thiazole rings is 1. The molecule has 1 aromatic carbocycles. The average Bonchev–Trinajstić information content (AvgIpc) is 3.62. The van der Waals surface area contributed by atoms with Crippen LogP contribution in [0.1, 0.15) is 44.6 Å². The number of carbonyl (C=O) groups is 1. The predicted octanol–water partition coefficient (Wildman–Crippen LogP) is 4.34. The number of fused-ring (bicyclic) bond motifs is 1. The summed E-state index contributed by atoms with van der Waals surface area (Å²) in [4.78, 5) is 35.2. The van der Waals surface area contributed by atoms with E-state index in [2.05, 4.69) is 15.2 Å². The van der Waals surface area contributed by atoms with Crippen molar-refractivity contribution in [1.82, 2.24) is 19.8 Å². The van der Waals surface area contributed by atoms with Crippen LogP contribution in [0, 0.1) is 0 Å². The molecular formula is C25H25ClN4O3S2. The van der Waals surface area contributed by atoms with Gasteiger partial charge in [-0.3, -0.25) is 19.5 Å². The number of rotatable bonds is 7. The second-order valence-electron chi connectivity index (χ2n) is 8.75. The Balaban J connectivity index is 1.35. The van der Waals surface area contributed by atoms with Gasteiger partial charge in [0.25, 0.3) is 5.91 Å². The number of benzene rings is 1. The Morgan fingerprint density at radius 3 is 2.89 bits per heavy atom. The first-order chi connectivity index (χ1) is 16.9. The molecule has 0 spiro atoms. The zero-order valence-electron chi connectivity index (χ0n) is 19.1. The van der Waals surface area contributed by atoms with Crippen LogP contribution >= 0.6 is 34.3 Å². The van der Waals surface area contributed by atoms with Crippen molar-refractivity contribution in [1.29, 1.82) is 0 Å². The van der Waals surface area contributed by atoms with Crippen molar-refractivity contribution < 1.29 is 9.90 Å². The lowest BCUT2D eigenvalue weighted by Crippen LogP contribution is -2.33. The highest BCUT2D eigenvalue weighted by molar-refractivity contribution is 7.18. The van der Waals surface area contributed by atoms with Crippen LogP contribution in [0.3, 0.4) is 0 Å². The number of aliphatic hydroxyl groups is 1. The van der Waals surface area contributed by atoms with Crippen LogP contribution in [-0.2, 0) is 20.1 Å². The first-order valence-electron chi connectivity index (χ1n) is 11.4. The standard InChI is InChI=1S/C25H25ClN4O3S2/c1-29-13-19(24(33)28-10-15-4-6-16(26)7-5-15)22(31)18-9-17(35-25(18)29)12-30-8-2-3-20(30)23(32)21-11-27-14-34-21/h4-7,9,11,13-14,20,23,32H,2-3,8,10,12H2,1H3,(H,28,33)/t20-,23?/m1/s1. The third kappa shape index (κ3) is 5.05. The lowest BCUT2D eigenvalue weighted by atomic mass is 10.1. The highest BCUT2D eigenvalue weighted by atomic mass is 35.5. The summed E-state index contributed by atoms with van der Waals surface area (Å²) in [6.07, 6.45) is 4.71. The highest BCUT2D eigenvalue weighted by Gasteiger charge is 2.32. The monoisotopic (exact) mass is 528 g/mol. The predicted molar refractivity (Wildman–Crippen MR) is 140 cm³/mol. The van der Waals surface area contributed by atoms with Gasteiger partial charge in [0.1, 0.15) is 16.5 Å². The molecule has 2 N–H and O–H groups in total. The van der Waals surface area contributed by atoms with Gasteiger partial charge in [-0.25, -0.2) is 0 Å². The number of hydrogen-bond donors (Lipinski definition) is 2. The van der Waals surface area contributed by atoms with E-state index in [1.54, 1.807) is 41.4 Å². The van der Waals surface area contributed by atoms with E-state index in [0.717, 1.165) is 39.5 Å². The number of halogens is 1. The number of aliphatic hydroxyl groups excluding tert-OH is 1. The van der Waals surface area contributed by atoms with Crippen molar-refractivity contribution >= 4 is 50.4 Å². The Morgan fingerprint density at radius 2 is 2.14 bits per heavy atom. The van der Waals surface area contributed by atoms with Gasteiger partial charge in [0.2, 0.25) is 5.43 Å². The van der Waals surface area contributed by atoms with E-state index < -0.39 is 12.0 Å². The Labute approximate surface area is 215 Å². The minimum Gasteiger partial charge on any atom is -0.386 e. The molecule has 182 valence electrons. The number of pyridine rings is 1. The van der Waals surface area contributed by atoms with Crippen LogP contribution in [0.4, 0.5) is 0 Å². The molecule has 2 atom stereocenters. The van der Waals surface area contributed by atoms with Gasteiger partial charge in [0.05, 0.1) is 15.8 Å². The van der Waals surface area contributed by atoms with Crippen molar-refractivity contribution in [2.45, 2.75) is 38.1 Å². The summed E-state index contributed by atoms with van der Waals surface area (Å²) in [5.74, 6) is -0.400. The molecule has 7 nitrogen and oxygen atoms in total. The molecule has 0 saturated carbocycles. The summed E-state index contributed by atoms with van der Waals surface area (Å²) >= 11 is 8.94. The number of aryl methyl sites for hydroxylation is 1. The Hall–Kier alpha value is -2.56. The minimum atomic E-state index is -0.568. The van der Waals surface area contributed by atoms with E-state index in [-0.39, 0.29) is 17.0 Å². The molecule has 1 aliphatic rings. The smallest absolute Gasteiger partial charge is 0.257 e. The fourth-order valence-corrected chi connectivity index (χ4v) is 6.50. The number of nitrogens with one attached hydrogen (secondary N) is 1. The van der Waals surface area contributed by atoms with E-state index >= 15 is 0 Å². The topological polar surface area (TPSA) is 87.5 Å². The molecule has 1 unspecified atom stereocenters. The molecule has 1 saturated heterocycles. The second kappa shape index (κ2) is 10.2. The number of thiophene rings is 1. The summed E-state index contributed by atoms with van der Waals surface area (Å²) in [6.45, 7) is 1.85. The molecule has 1 aliphatic heterocycles. The quantitative estimate of drug-likeness (QED) is 0.372. The fraction of sp³-hybridized carbons (Fsp3) is 0.320. The van der Waals surface area contributed by atoms with Gasteiger partial charge in [-0.2, -0.15) is 0 Å². The molecule has 0 aliphatic carbocycles. The zero-order valence-corrected chi connectivity index (χ0v) is 21.5. The van der Waals surface area contributed by atoms with Crippen LogP contribution in [0.15, 0.2) is 53.0 Å². The van der Waals surface area contributed by atoms with Gasteiger partial charge >= 0.3 is 0 Å². The first-order valence-corrected chi connectivity index (χ1v) is 13.4. The molecule has 3 aromatic heterocycles. The van der Waals surface area contributed by atoms with Gasteiger partial charge in [0.15, 0.2) is 0 Å². The van der Waals surface area contributed by atoms with Crippen molar-refractivity contribution in [3.63, 3.8) is 0 Å². The van der Waals surface area contributed by atoms with Crippen LogP contribution < -0.4 is 10.7 Å². The molecular weight excluding hydrogens is 504 g/mol. The summed E-state index contributed by atoms with van der Waals surface area (Å²) in [6, 6.07) is 9.13. The number of likely N-dealkylation sites (tertiary alicyclic amines) is 1. The van der Waals surface area contributed by atoms with Crippen LogP contribution in [0.2, 0.25) is 5.02 Å². The second-order valence-corrected chi connectivity index (χ2v) is 11.2. The molecule has 4 aromatic rings. The summed E-state index contributed by atoms with van der Waals surface area (Å²) in [5.41, 5.74) is 2.50. The van der Waals surface area contributed by atoms with Crippen LogP contribution in [-0.4, -0.2) is 38.1 Å². The fourth-order valence-electron chi connectivity index (χ4n) is 4.60. The normalized spacial score (nSPS) is 17.2. The third-order valence-corrected chi connectivity index (χ3v) is 8.70. The summed E-state index contributed by atoms with van der Waals surface area (Å²) in [7, 11) is 1.85. The van der Waals surface area contributed by atoms with Gasteiger partial charge in [-0.1, -0.05) is 23.7 Å². The van der Waals surface area contributed by atoms with Crippen molar-refractivity contribution in [2.24, 2.45) is 7.05 Å². The maximum atomic E-state index is 13.2. The Morgan fingerprint density at radius 1 is 1.34 bits per heavy atom. The summed E-state index contributed by atoms with van der Waals surface area (Å²) < 4.78 is 1.84. The lowest BCUT2D eigenvalue weighted by molar-refractivity contribution is 0.0717. The van der Waals surface area contributed by atoms with E-state index in [4.69, 9.17) is 11.6 Å². The minimum absolute atomic E-state index is 0.0235. The molecule has 0 radical (unpaired) electrons. The number of carbonyl (C=O) groups excluding carboxylic acids is 1. The largest absolute Gasteiger partial charge is 0.386 e. The molecule has 1 fully saturated rings. The zero-order chi connectivity index (χ0) is 24.5. The summed E-state index contributed by atoms with van der Waals surface area (Å²) in [5, 5.41) is 14.9. The van der Waals surface area contributed by atoms with Gasteiger partial charge in [0, 0.05) is 48.5 Å². The molecule has 0 bridgehead atoms. The van der Waals surface area contributed by atoms with Crippen molar-refractivity contribution in [2.75, 3.05) is 6.54 Å². The maximum Gasteiger partial charge on any atom is 0.257 e. The third-order valence-electron chi connectivity index (χ3n) is 6.39. The number of hydrogen-bond acceptors (Lipinski definition) is 7. The van der Waals surface area contributed by atoms with Gasteiger partial charge in [-0.15, -0.1) is 22.7 Å². The lowest BCUT2D eigenvalue weighted by Gasteiger charge is -2.27. The molecule has 5 rings (SSSR count). The van der Waals surface area contributed by atoms with Gasteiger partial charge in [-0.05, 0) is 43.1 Å². The number of aromatic nitrogens is 2. The van der Waals surface area contributed by atoms with Crippen molar-refractivity contribution in [3.05, 3.63) is 84.4 Å². The maximum absolute atomic E-state index is 13.2. The molecule has 1 amide bonds. The molecule has 10 heteroatoms. The van der Waals surface area contributed by atoms with E-state index in [1.807, 2.05) is 29.8 Å². The molecule has 4 heterocycles. The van der Waals surface area contributed by atoms with Crippen LogP contribution in [0.25, 0.3) is 10.2 Å². The van der Waals surface area contributed by atoms with E-state index in [0.29, 0.717) is 23.5 Å². The average molecular weight is 529 g/mol. The highest BCUT2D eigenvalue weighted by Crippen LogP contribution is 2.34. The van der Waals surface area contributed by atoms with Crippen molar-refractivity contribution in [3.8, 4) is 0 Å². The number of nitrogens with zero attached hydrogens (tertiary/aromatic N) is 3. The van der Waals surface area contributed by atoms with E-state index in [9.17, 15) is 14.7 Å². The van der Waals surface area contributed by atoms with E-state index in [1.165, 1.54) is 11.3 Å². The first kappa shape index (κ1) is 24.1. The molecule has 35 heavy (non-hydrogen) atoms. The van der Waals surface area contributed by atoms with Crippen LogP contribution in [0.5, 0.6) is 0 Å². The van der Waals surface area contributed by atoms with Gasteiger partial charge < -0.3 is 15.0 Å². The SMILES string of the molecule is Cn1cc(C(=O)NCc2ccc(Cl)cc2)c(=O)c2cc(CN3CCC[C@@H]3C(O)c3cncs3)sc21. The Bertz CT molecular complexity index is 1400. The number of amides is 1.